The topological polar surface area (TPSA) is 70.0 Å². The summed E-state index contributed by atoms with van der Waals surface area (Å²) in [4.78, 5) is 30.7. The number of rotatable bonds is 3. The first kappa shape index (κ1) is 15.5. The predicted octanol–water partition coefficient (Wildman–Crippen LogP) is 3.68. The van der Waals surface area contributed by atoms with Gasteiger partial charge in [0, 0.05) is 11.9 Å². The highest BCUT2D eigenvalue weighted by atomic mass is 32.2. The fourth-order valence-corrected chi connectivity index (χ4v) is 3.65. The Bertz CT molecular complexity index is 808. The molecule has 3 rings (SSSR count). The van der Waals surface area contributed by atoms with Crippen LogP contribution in [0.1, 0.15) is 15.2 Å². The van der Waals surface area contributed by atoms with Gasteiger partial charge in [0.15, 0.2) is 5.17 Å². The molecule has 1 fully saturated rings. The lowest BCUT2D eigenvalue weighted by molar-refractivity contribution is -0.121. The molecule has 1 aliphatic heterocycles. The first-order chi connectivity index (χ1) is 11.0. The zero-order valence-electron chi connectivity index (χ0n) is 12.1. The zero-order chi connectivity index (χ0) is 16.4. The Morgan fingerprint density at radius 3 is 2.61 bits per heavy atom. The van der Waals surface area contributed by atoms with Gasteiger partial charge in [-0.1, -0.05) is 6.07 Å². The maximum Gasteiger partial charge on any atom is 0.335 e. The third-order valence-electron chi connectivity index (χ3n) is 3.16. The van der Waals surface area contributed by atoms with E-state index in [0.29, 0.717) is 15.8 Å². The summed E-state index contributed by atoms with van der Waals surface area (Å²) >= 11 is 2.87. The number of hydrogen-bond acceptors (Lipinski definition) is 5. The Hall–Kier alpha value is -2.38. The molecule has 1 aromatic heterocycles. The highest BCUT2D eigenvalue weighted by Crippen LogP contribution is 2.33. The third-order valence-corrected chi connectivity index (χ3v) is 5.04. The number of carboxylic acids is 1. The number of carbonyl (C=O) groups excluding carboxylic acids is 1. The van der Waals surface area contributed by atoms with Crippen molar-refractivity contribution >= 4 is 51.9 Å². The number of nitrogens with zero attached hydrogens (tertiary/aromatic N) is 2. The van der Waals surface area contributed by atoms with E-state index in [4.69, 9.17) is 5.11 Å². The standard InChI is InChI=1S/C16H12N2O3S2/c1-18-14(19)13(9-12-3-2-8-22-12)23-16(18)17-11-6-4-10(5-7-11)15(20)21/h2-9H,1H3,(H,20,21)/b13-9+,17-16?. The van der Waals surface area contributed by atoms with Crippen LogP contribution in [0.25, 0.3) is 6.08 Å². The lowest BCUT2D eigenvalue weighted by Gasteiger charge is -2.07. The first-order valence-electron chi connectivity index (χ1n) is 6.68. The molecule has 2 heterocycles. The third kappa shape index (κ3) is 3.35. The van der Waals surface area contributed by atoms with Crippen LogP contribution in [-0.2, 0) is 4.79 Å². The van der Waals surface area contributed by atoms with Gasteiger partial charge in [0.25, 0.3) is 5.91 Å². The van der Waals surface area contributed by atoms with Crippen molar-refractivity contribution in [1.29, 1.82) is 0 Å². The average Bonchev–Trinajstić information content (AvgIpc) is 3.13. The Kier molecular flexibility index (Phi) is 4.31. The van der Waals surface area contributed by atoms with Crippen molar-refractivity contribution in [2.45, 2.75) is 0 Å². The molecule has 0 saturated carbocycles. The molecule has 7 heteroatoms. The normalized spacial score (nSPS) is 18.1. The van der Waals surface area contributed by atoms with Crippen LogP contribution >= 0.6 is 23.1 Å². The molecule has 2 aromatic rings. The number of amidine groups is 1. The number of aromatic carboxylic acids is 1. The molecule has 1 aliphatic rings. The molecule has 23 heavy (non-hydrogen) atoms. The van der Waals surface area contributed by atoms with E-state index in [0.717, 1.165) is 4.88 Å². The Morgan fingerprint density at radius 2 is 2.00 bits per heavy atom. The zero-order valence-corrected chi connectivity index (χ0v) is 13.7. The van der Waals surface area contributed by atoms with Gasteiger partial charge in [-0.2, -0.15) is 0 Å². The fourth-order valence-electron chi connectivity index (χ4n) is 1.94. The average molecular weight is 344 g/mol. The van der Waals surface area contributed by atoms with Crippen LogP contribution in [0.5, 0.6) is 0 Å². The second kappa shape index (κ2) is 6.39. The summed E-state index contributed by atoms with van der Waals surface area (Å²) in [6, 6.07) is 10.1. The lowest BCUT2D eigenvalue weighted by atomic mass is 10.2. The van der Waals surface area contributed by atoms with E-state index in [1.165, 1.54) is 28.8 Å². The molecule has 5 nitrogen and oxygen atoms in total. The van der Waals surface area contributed by atoms with Crippen molar-refractivity contribution in [3.63, 3.8) is 0 Å². The van der Waals surface area contributed by atoms with Gasteiger partial charge < -0.3 is 5.11 Å². The van der Waals surface area contributed by atoms with E-state index < -0.39 is 5.97 Å². The van der Waals surface area contributed by atoms with Crippen LogP contribution in [0.4, 0.5) is 5.69 Å². The summed E-state index contributed by atoms with van der Waals surface area (Å²) in [5, 5.41) is 11.4. The van der Waals surface area contributed by atoms with E-state index in [1.807, 2.05) is 23.6 Å². The van der Waals surface area contributed by atoms with Crippen LogP contribution in [0.2, 0.25) is 0 Å². The minimum Gasteiger partial charge on any atom is -0.478 e. The summed E-state index contributed by atoms with van der Waals surface area (Å²) in [6.45, 7) is 0. The van der Waals surface area contributed by atoms with Crippen LogP contribution in [0.15, 0.2) is 51.7 Å². The van der Waals surface area contributed by atoms with E-state index >= 15 is 0 Å². The Morgan fingerprint density at radius 1 is 1.26 bits per heavy atom. The molecule has 0 radical (unpaired) electrons. The van der Waals surface area contributed by atoms with Crippen molar-refractivity contribution < 1.29 is 14.7 Å². The van der Waals surface area contributed by atoms with Crippen LogP contribution in [0, 0.1) is 0 Å². The summed E-state index contributed by atoms with van der Waals surface area (Å²) in [5.74, 6) is -1.07. The largest absolute Gasteiger partial charge is 0.478 e. The van der Waals surface area contributed by atoms with E-state index in [9.17, 15) is 9.59 Å². The maximum atomic E-state index is 12.3. The molecule has 1 saturated heterocycles. The molecule has 0 aliphatic carbocycles. The SMILES string of the molecule is CN1C(=O)/C(=C\c2cccs2)SC1=Nc1ccc(C(=O)O)cc1. The second-order valence-electron chi connectivity index (χ2n) is 4.74. The second-order valence-corrected chi connectivity index (χ2v) is 6.73. The predicted molar refractivity (Wildman–Crippen MR) is 93.2 cm³/mol. The highest BCUT2D eigenvalue weighted by molar-refractivity contribution is 8.18. The highest BCUT2D eigenvalue weighted by Gasteiger charge is 2.30. The van der Waals surface area contributed by atoms with Gasteiger partial charge in [-0.15, -0.1) is 11.3 Å². The minimum atomic E-state index is -0.979. The number of benzene rings is 1. The smallest absolute Gasteiger partial charge is 0.335 e. The number of carbonyl (C=O) groups is 2. The number of amides is 1. The number of thioether (sulfide) groups is 1. The van der Waals surface area contributed by atoms with Gasteiger partial charge >= 0.3 is 5.97 Å². The number of likely N-dealkylation sites (N-methyl/N-ethyl adjacent to an activating group) is 1. The van der Waals surface area contributed by atoms with Crippen molar-refractivity contribution in [2.75, 3.05) is 7.05 Å². The molecule has 1 aromatic carbocycles. The van der Waals surface area contributed by atoms with Crippen molar-refractivity contribution in [3.05, 3.63) is 57.1 Å². The van der Waals surface area contributed by atoms with Crippen molar-refractivity contribution in [3.8, 4) is 0 Å². The van der Waals surface area contributed by atoms with Gasteiger partial charge in [-0.3, -0.25) is 9.69 Å². The van der Waals surface area contributed by atoms with Crippen LogP contribution in [-0.4, -0.2) is 34.1 Å². The van der Waals surface area contributed by atoms with Crippen LogP contribution in [0.3, 0.4) is 0 Å². The number of hydrogen-bond donors (Lipinski definition) is 1. The molecule has 0 spiro atoms. The summed E-state index contributed by atoms with van der Waals surface area (Å²) in [7, 11) is 1.68. The van der Waals surface area contributed by atoms with Gasteiger partial charge in [0.1, 0.15) is 0 Å². The van der Waals surface area contributed by atoms with E-state index in [2.05, 4.69) is 4.99 Å². The fraction of sp³-hybridized carbons (Fsp3) is 0.0625. The first-order valence-corrected chi connectivity index (χ1v) is 8.37. The number of aliphatic imine (C=N–C) groups is 1. The summed E-state index contributed by atoms with van der Waals surface area (Å²) < 4.78 is 0. The monoisotopic (exact) mass is 344 g/mol. The van der Waals surface area contributed by atoms with Gasteiger partial charge in [0.2, 0.25) is 0 Å². The van der Waals surface area contributed by atoms with E-state index in [1.54, 1.807) is 30.5 Å². The quantitative estimate of drug-likeness (QED) is 0.862. The Labute approximate surface area is 141 Å². The Balaban J connectivity index is 1.85. The molecule has 0 unspecified atom stereocenters. The van der Waals surface area contributed by atoms with Crippen molar-refractivity contribution in [2.24, 2.45) is 4.99 Å². The molecular formula is C16H12N2O3S2. The lowest BCUT2D eigenvalue weighted by Crippen LogP contribution is -2.23. The molecular weight excluding hydrogens is 332 g/mol. The van der Waals surface area contributed by atoms with Crippen LogP contribution < -0.4 is 0 Å². The summed E-state index contributed by atoms with van der Waals surface area (Å²) in [5.41, 5.74) is 0.810. The molecule has 0 bridgehead atoms. The molecule has 1 N–H and O–H groups in total. The molecule has 1 amide bonds. The van der Waals surface area contributed by atoms with Gasteiger partial charge in [-0.25, -0.2) is 9.79 Å². The van der Waals surface area contributed by atoms with Crippen molar-refractivity contribution in [1.82, 2.24) is 4.90 Å². The summed E-state index contributed by atoms with van der Waals surface area (Å²) in [6.07, 6.45) is 1.85. The minimum absolute atomic E-state index is 0.0932. The maximum absolute atomic E-state index is 12.3. The molecule has 116 valence electrons. The van der Waals surface area contributed by atoms with Gasteiger partial charge in [0.05, 0.1) is 16.2 Å². The number of carboxylic acid groups (broad SMARTS) is 1. The van der Waals surface area contributed by atoms with E-state index in [-0.39, 0.29) is 11.5 Å². The van der Waals surface area contributed by atoms with Gasteiger partial charge in [-0.05, 0) is 53.5 Å². The number of thiophene rings is 1. The molecule has 0 atom stereocenters.